The van der Waals surface area contributed by atoms with Crippen molar-refractivity contribution in [1.82, 2.24) is 0 Å². The van der Waals surface area contributed by atoms with E-state index in [-0.39, 0.29) is 6.54 Å². The van der Waals surface area contributed by atoms with Crippen LogP contribution in [-0.2, 0) is 11.3 Å². The Morgan fingerprint density at radius 1 is 1.50 bits per heavy atom. The lowest BCUT2D eigenvalue weighted by Crippen LogP contribution is -2.00. The van der Waals surface area contributed by atoms with E-state index >= 15 is 0 Å². The van der Waals surface area contributed by atoms with Gasteiger partial charge in [-0.2, -0.15) is 0 Å². The number of benzene rings is 1. The van der Waals surface area contributed by atoms with Gasteiger partial charge in [0.05, 0.1) is 20.3 Å². The molecular weight excluding hydrogens is 230 g/mol. The monoisotopic (exact) mass is 241 g/mol. The van der Waals surface area contributed by atoms with Crippen LogP contribution in [0.15, 0.2) is 17.1 Å². The van der Waals surface area contributed by atoms with Crippen molar-refractivity contribution in [2.45, 2.75) is 13.5 Å². The molecule has 1 aromatic rings. The normalized spacial score (nSPS) is 9.44. The van der Waals surface area contributed by atoms with Gasteiger partial charge in [-0.1, -0.05) is 11.6 Å². The smallest absolute Gasteiger partial charge is 0.235 e. The SMILES string of the molecule is CCOc1c(OC)ccc(Cl)c1CN=C=O. The van der Waals surface area contributed by atoms with Crippen LogP contribution in [0.2, 0.25) is 5.02 Å². The largest absolute Gasteiger partial charge is 0.493 e. The standard InChI is InChI=1S/C11H12ClNO3/c1-3-16-11-8(6-13-7-14)9(12)4-5-10(11)15-2/h4-5H,3,6H2,1-2H3. The van der Waals surface area contributed by atoms with E-state index in [0.29, 0.717) is 28.7 Å². The summed E-state index contributed by atoms with van der Waals surface area (Å²) in [6.45, 7) is 2.47. The van der Waals surface area contributed by atoms with Gasteiger partial charge in [-0.15, -0.1) is 0 Å². The van der Waals surface area contributed by atoms with Crippen LogP contribution in [0.1, 0.15) is 12.5 Å². The van der Waals surface area contributed by atoms with E-state index in [1.165, 1.54) is 6.08 Å². The summed E-state index contributed by atoms with van der Waals surface area (Å²) in [5.74, 6) is 1.10. The molecule has 0 aliphatic carbocycles. The minimum Gasteiger partial charge on any atom is -0.493 e. The molecule has 0 spiro atoms. The maximum atomic E-state index is 10.1. The first-order valence-electron chi connectivity index (χ1n) is 4.76. The number of nitrogens with zero attached hydrogens (tertiary/aromatic N) is 1. The maximum Gasteiger partial charge on any atom is 0.235 e. The molecule has 0 unspecified atom stereocenters. The average molecular weight is 242 g/mol. The van der Waals surface area contributed by atoms with Gasteiger partial charge >= 0.3 is 0 Å². The first-order chi connectivity index (χ1) is 7.74. The number of ether oxygens (including phenoxy) is 2. The lowest BCUT2D eigenvalue weighted by atomic mass is 10.2. The van der Waals surface area contributed by atoms with Gasteiger partial charge in [0.25, 0.3) is 0 Å². The molecular formula is C11H12ClNO3. The summed E-state index contributed by atoms with van der Waals surface area (Å²) in [7, 11) is 1.54. The first kappa shape index (κ1) is 12.6. The summed E-state index contributed by atoms with van der Waals surface area (Å²) in [6, 6.07) is 3.39. The summed E-state index contributed by atoms with van der Waals surface area (Å²) >= 11 is 6.00. The van der Waals surface area contributed by atoms with Gasteiger partial charge in [0.15, 0.2) is 11.5 Å². The van der Waals surface area contributed by atoms with Crippen molar-refractivity contribution < 1.29 is 14.3 Å². The molecule has 0 atom stereocenters. The van der Waals surface area contributed by atoms with Gasteiger partial charge in [-0.25, -0.2) is 9.79 Å². The maximum absolute atomic E-state index is 10.1. The van der Waals surface area contributed by atoms with E-state index in [4.69, 9.17) is 21.1 Å². The lowest BCUT2D eigenvalue weighted by Gasteiger charge is -2.13. The number of hydrogen-bond donors (Lipinski definition) is 0. The van der Waals surface area contributed by atoms with E-state index in [9.17, 15) is 4.79 Å². The summed E-state index contributed by atoms with van der Waals surface area (Å²) in [4.78, 5) is 13.6. The first-order valence-corrected chi connectivity index (χ1v) is 5.14. The fourth-order valence-electron chi connectivity index (χ4n) is 1.30. The second-order valence-electron chi connectivity index (χ2n) is 2.90. The number of methoxy groups -OCH3 is 1. The molecule has 1 rings (SSSR count). The van der Waals surface area contributed by atoms with E-state index < -0.39 is 0 Å². The van der Waals surface area contributed by atoms with Crippen LogP contribution in [-0.4, -0.2) is 19.8 Å². The summed E-state index contributed by atoms with van der Waals surface area (Å²) in [5, 5.41) is 0.489. The number of carbonyl (C=O) groups excluding carboxylic acids is 1. The second-order valence-corrected chi connectivity index (χ2v) is 3.31. The third kappa shape index (κ3) is 2.75. The molecule has 0 heterocycles. The minimum absolute atomic E-state index is 0.134. The lowest BCUT2D eigenvalue weighted by molar-refractivity contribution is 0.308. The molecule has 86 valence electrons. The van der Waals surface area contributed by atoms with Crippen molar-refractivity contribution in [2.75, 3.05) is 13.7 Å². The number of rotatable bonds is 5. The van der Waals surface area contributed by atoms with Crippen LogP contribution in [0.3, 0.4) is 0 Å². The summed E-state index contributed by atoms with van der Waals surface area (Å²) < 4.78 is 10.6. The van der Waals surface area contributed by atoms with Crippen molar-refractivity contribution >= 4 is 17.7 Å². The molecule has 0 N–H and O–H groups in total. The van der Waals surface area contributed by atoms with Crippen LogP contribution in [0.25, 0.3) is 0 Å². The highest BCUT2D eigenvalue weighted by Gasteiger charge is 2.13. The molecule has 1 aromatic carbocycles. The van der Waals surface area contributed by atoms with Crippen molar-refractivity contribution in [3.05, 3.63) is 22.7 Å². The third-order valence-electron chi connectivity index (χ3n) is 1.98. The van der Waals surface area contributed by atoms with Crippen LogP contribution >= 0.6 is 11.6 Å². The molecule has 0 aliphatic rings. The van der Waals surface area contributed by atoms with E-state index in [2.05, 4.69) is 4.99 Å². The highest BCUT2D eigenvalue weighted by atomic mass is 35.5. The van der Waals surface area contributed by atoms with Gasteiger partial charge < -0.3 is 9.47 Å². The van der Waals surface area contributed by atoms with Crippen LogP contribution in [0, 0.1) is 0 Å². The zero-order valence-corrected chi connectivity index (χ0v) is 9.87. The molecule has 0 saturated heterocycles. The van der Waals surface area contributed by atoms with Gasteiger partial charge in [0.1, 0.15) is 0 Å². The van der Waals surface area contributed by atoms with Crippen LogP contribution < -0.4 is 9.47 Å². The van der Waals surface area contributed by atoms with Crippen molar-refractivity contribution in [3.8, 4) is 11.5 Å². The quantitative estimate of drug-likeness (QED) is 0.588. The molecule has 0 amide bonds. The van der Waals surface area contributed by atoms with Gasteiger partial charge in [0, 0.05) is 10.6 Å². The fourth-order valence-corrected chi connectivity index (χ4v) is 1.51. The molecule has 5 heteroatoms. The highest BCUT2D eigenvalue weighted by molar-refractivity contribution is 6.31. The van der Waals surface area contributed by atoms with E-state index in [1.54, 1.807) is 19.2 Å². The zero-order chi connectivity index (χ0) is 12.0. The second kappa shape index (κ2) is 6.16. The summed E-state index contributed by atoms with van der Waals surface area (Å²) in [5.41, 5.74) is 0.631. The number of halogens is 1. The number of isocyanates is 1. The average Bonchev–Trinajstić information content (AvgIpc) is 2.29. The van der Waals surface area contributed by atoms with Crippen molar-refractivity contribution in [2.24, 2.45) is 4.99 Å². The molecule has 0 fully saturated rings. The van der Waals surface area contributed by atoms with Gasteiger partial charge in [-0.05, 0) is 19.1 Å². The Balaban J connectivity index is 3.22. The van der Waals surface area contributed by atoms with Gasteiger partial charge in [-0.3, -0.25) is 0 Å². The summed E-state index contributed by atoms with van der Waals surface area (Å²) in [6.07, 6.45) is 1.47. The number of hydrogen-bond acceptors (Lipinski definition) is 4. The highest BCUT2D eigenvalue weighted by Crippen LogP contribution is 2.36. The van der Waals surface area contributed by atoms with Gasteiger partial charge in [0.2, 0.25) is 6.08 Å². The molecule has 0 aromatic heterocycles. The molecule has 0 bridgehead atoms. The van der Waals surface area contributed by atoms with Crippen LogP contribution in [0.5, 0.6) is 11.5 Å². The predicted molar refractivity (Wildman–Crippen MR) is 61.0 cm³/mol. The molecule has 16 heavy (non-hydrogen) atoms. The predicted octanol–water partition coefficient (Wildman–Crippen LogP) is 2.58. The third-order valence-corrected chi connectivity index (χ3v) is 2.33. The Morgan fingerprint density at radius 3 is 2.81 bits per heavy atom. The topological polar surface area (TPSA) is 47.9 Å². The minimum atomic E-state index is 0.134. The molecule has 0 aliphatic heterocycles. The van der Waals surface area contributed by atoms with Crippen molar-refractivity contribution in [3.63, 3.8) is 0 Å². The van der Waals surface area contributed by atoms with E-state index in [0.717, 1.165) is 0 Å². The molecule has 0 saturated carbocycles. The fraction of sp³-hybridized carbons (Fsp3) is 0.364. The zero-order valence-electron chi connectivity index (χ0n) is 9.12. The molecule has 0 radical (unpaired) electrons. The Bertz CT molecular complexity index is 414. The Morgan fingerprint density at radius 2 is 2.25 bits per heavy atom. The Kier molecular flexibility index (Phi) is 4.83. The van der Waals surface area contributed by atoms with E-state index in [1.807, 2.05) is 6.92 Å². The van der Waals surface area contributed by atoms with Crippen LogP contribution in [0.4, 0.5) is 0 Å². The Hall–Kier alpha value is -1.51. The Labute approximate surface area is 98.8 Å². The molecule has 4 nitrogen and oxygen atoms in total. The number of aliphatic imine (C=N–C) groups is 1. The van der Waals surface area contributed by atoms with Crippen molar-refractivity contribution in [1.29, 1.82) is 0 Å².